The molecule has 1 aliphatic carbocycles. The van der Waals surface area contributed by atoms with Gasteiger partial charge in [0.25, 0.3) is 0 Å². The van der Waals surface area contributed by atoms with Gasteiger partial charge in [0, 0.05) is 29.9 Å². The number of nitrogens with zero attached hydrogens (tertiary/aromatic N) is 1. The highest BCUT2D eigenvalue weighted by molar-refractivity contribution is 5.98. The monoisotopic (exact) mass is 218 g/mol. The molecule has 0 aromatic carbocycles. The van der Waals surface area contributed by atoms with Gasteiger partial charge in [-0.2, -0.15) is 0 Å². The molecule has 2 N–H and O–H groups in total. The van der Waals surface area contributed by atoms with Crippen LogP contribution in [-0.4, -0.2) is 16.8 Å². The molecule has 0 saturated heterocycles. The minimum absolute atomic E-state index is 0.00245. The van der Waals surface area contributed by atoms with Gasteiger partial charge in [-0.1, -0.05) is 12.8 Å². The highest BCUT2D eigenvalue weighted by Gasteiger charge is 2.28. The zero-order chi connectivity index (χ0) is 11.5. The first-order chi connectivity index (χ1) is 7.68. The van der Waals surface area contributed by atoms with Gasteiger partial charge in [0.05, 0.1) is 0 Å². The molecule has 0 bridgehead atoms. The van der Waals surface area contributed by atoms with Gasteiger partial charge < -0.3 is 5.73 Å². The normalized spacial score (nSPS) is 25.4. The minimum atomic E-state index is -0.00245. The summed E-state index contributed by atoms with van der Waals surface area (Å²) >= 11 is 0. The van der Waals surface area contributed by atoms with Gasteiger partial charge in [0.1, 0.15) is 0 Å². The molecule has 2 atom stereocenters. The van der Waals surface area contributed by atoms with Crippen molar-refractivity contribution in [1.82, 2.24) is 4.98 Å². The van der Waals surface area contributed by atoms with Crippen LogP contribution in [0.2, 0.25) is 0 Å². The van der Waals surface area contributed by atoms with E-state index in [0.29, 0.717) is 5.56 Å². The Morgan fingerprint density at radius 1 is 1.38 bits per heavy atom. The van der Waals surface area contributed by atoms with Gasteiger partial charge in [-0.15, -0.1) is 0 Å². The molecule has 16 heavy (non-hydrogen) atoms. The van der Waals surface area contributed by atoms with Crippen molar-refractivity contribution in [3.05, 3.63) is 29.6 Å². The number of ketones is 1. The average molecular weight is 218 g/mol. The smallest absolute Gasteiger partial charge is 0.169 e. The van der Waals surface area contributed by atoms with E-state index >= 15 is 0 Å². The summed E-state index contributed by atoms with van der Waals surface area (Å²) in [4.78, 5) is 16.3. The second-order valence-electron chi connectivity index (χ2n) is 4.67. The third-order valence-corrected chi connectivity index (χ3v) is 3.32. The maximum atomic E-state index is 12.2. The summed E-state index contributed by atoms with van der Waals surface area (Å²) in [7, 11) is 0. The Hall–Kier alpha value is -1.22. The van der Waals surface area contributed by atoms with Gasteiger partial charge >= 0.3 is 0 Å². The van der Waals surface area contributed by atoms with Crippen molar-refractivity contribution in [2.75, 3.05) is 0 Å². The first kappa shape index (κ1) is 11.3. The molecule has 1 saturated carbocycles. The summed E-state index contributed by atoms with van der Waals surface area (Å²) in [5.74, 6) is 0.167. The predicted octanol–water partition coefficient (Wildman–Crippen LogP) is 2.09. The maximum absolute atomic E-state index is 12.2. The lowest BCUT2D eigenvalue weighted by Crippen LogP contribution is -2.38. The van der Waals surface area contributed by atoms with Crippen LogP contribution in [0, 0.1) is 12.8 Å². The van der Waals surface area contributed by atoms with E-state index in [1.54, 1.807) is 12.4 Å². The molecule has 86 valence electrons. The molecule has 3 heteroatoms. The van der Waals surface area contributed by atoms with E-state index in [-0.39, 0.29) is 17.7 Å². The lowest BCUT2D eigenvalue weighted by atomic mass is 9.80. The van der Waals surface area contributed by atoms with Crippen LogP contribution in [-0.2, 0) is 0 Å². The number of hydrogen-bond donors (Lipinski definition) is 1. The topological polar surface area (TPSA) is 56.0 Å². The first-order valence-electron chi connectivity index (χ1n) is 5.90. The van der Waals surface area contributed by atoms with Gasteiger partial charge in [0.2, 0.25) is 0 Å². The van der Waals surface area contributed by atoms with E-state index < -0.39 is 0 Å². The molecule has 1 aliphatic rings. The second-order valence-corrected chi connectivity index (χ2v) is 4.67. The van der Waals surface area contributed by atoms with Crippen molar-refractivity contribution in [1.29, 1.82) is 0 Å². The minimum Gasteiger partial charge on any atom is -0.327 e. The quantitative estimate of drug-likeness (QED) is 0.773. The van der Waals surface area contributed by atoms with Crippen LogP contribution in [0.3, 0.4) is 0 Å². The number of hydrogen-bond acceptors (Lipinski definition) is 3. The largest absolute Gasteiger partial charge is 0.327 e. The molecule has 2 unspecified atom stereocenters. The Morgan fingerprint density at radius 2 is 2.12 bits per heavy atom. The summed E-state index contributed by atoms with van der Waals surface area (Å²) in [5, 5.41) is 0. The fraction of sp³-hybridized carbons (Fsp3) is 0.538. The number of Topliss-reactive ketones (excluding diaryl/α,β-unsaturated/α-hetero) is 1. The standard InChI is InChI=1S/C13H18N2O/c1-9-6-10(8-15-7-9)13(16)11-4-2-3-5-12(11)14/h6-8,11-12H,2-5,14H2,1H3. The molecular formula is C13H18N2O. The Morgan fingerprint density at radius 3 is 2.81 bits per heavy atom. The van der Waals surface area contributed by atoms with Crippen molar-refractivity contribution >= 4 is 5.78 Å². The van der Waals surface area contributed by atoms with E-state index in [4.69, 9.17) is 5.73 Å². The molecule has 2 rings (SSSR count). The number of aryl methyl sites for hydroxylation is 1. The van der Waals surface area contributed by atoms with Crippen LogP contribution in [0.25, 0.3) is 0 Å². The number of pyridine rings is 1. The van der Waals surface area contributed by atoms with E-state index in [1.807, 2.05) is 13.0 Å². The van der Waals surface area contributed by atoms with E-state index in [1.165, 1.54) is 0 Å². The Bertz CT molecular complexity index is 389. The maximum Gasteiger partial charge on any atom is 0.169 e. The Kier molecular flexibility index (Phi) is 3.34. The summed E-state index contributed by atoms with van der Waals surface area (Å²) < 4.78 is 0. The van der Waals surface area contributed by atoms with Crippen molar-refractivity contribution < 1.29 is 4.79 Å². The molecule has 1 aromatic rings. The number of carbonyl (C=O) groups is 1. The zero-order valence-electron chi connectivity index (χ0n) is 9.65. The Labute approximate surface area is 96.1 Å². The second kappa shape index (κ2) is 4.74. The third-order valence-electron chi connectivity index (χ3n) is 3.32. The SMILES string of the molecule is Cc1cncc(C(=O)C2CCCCC2N)c1. The van der Waals surface area contributed by atoms with Gasteiger partial charge in [-0.05, 0) is 31.4 Å². The highest BCUT2D eigenvalue weighted by atomic mass is 16.1. The summed E-state index contributed by atoms with van der Waals surface area (Å²) in [6.07, 6.45) is 7.57. The molecule has 0 aliphatic heterocycles. The fourth-order valence-corrected chi connectivity index (χ4v) is 2.39. The van der Waals surface area contributed by atoms with Crippen LogP contribution < -0.4 is 5.73 Å². The molecule has 3 nitrogen and oxygen atoms in total. The summed E-state index contributed by atoms with van der Waals surface area (Å²) in [6, 6.07) is 1.93. The van der Waals surface area contributed by atoms with Crippen molar-refractivity contribution in [2.24, 2.45) is 11.7 Å². The molecule has 0 amide bonds. The van der Waals surface area contributed by atoms with Gasteiger partial charge in [-0.3, -0.25) is 9.78 Å². The molecular weight excluding hydrogens is 200 g/mol. The lowest BCUT2D eigenvalue weighted by Gasteiger charge is -2.27. The fourth-order valence-electron chi connectivity index (χ4n) is 2.39. The summed E-state index contributed by atoms with van der Waals surface area (Å²) in [5.41, 5.74) is 7.75. The Balaban J connectivity index is 2.17. The van der Waals surface area contributed by atoms with E-state index in [0.717, 1.165) is 31.2 Å². The molecule has 1 aromatic heterocycles. The van der Waals surface area contributed by atoms with Crippen molar-refractivity contribution in [2.45, 2.75) is 38.6 Å². The summed E-state index contributed by atoms with van der Waals surface area (Å²) in [6.45, 7) is 1.95. The van der Waals surface area contributed by atoms with Crippen LogP contribution in [0.5, 0.6) is 0 Å². The van der Waals surface area contributed by atoms with Gasteiger partial charge in [-0.25, -0.2) is 0 Å². The number of rotatable bonds is 2. The zero-order valence-corrected chi connectivity index (χ0v) is 9.65. The van der Waals surface area contributed by atoms with E-state index in [2.05, 4.69) is 4.98 Å². The van der Waals surface area contributed by atoms with Crippen molar-refractivity contribution in [3.8, 4) is 0 Å². The number of carbonyl (C=O) groups excluding carboxylic acids is 1. The molecule has 0 spiro atoms. The number of nitrogens with two attached hydrogens (primary N) is 1. The van der Waals surface area contributed by atoms with Crippen LogP contribution >= 0.6 is 0 Å². The predicted molar refractivity (Wildman–Crippen MR) is 63.2 cm³/mol. The first-order valence-corrected chi connectivity index (χ1v) is 5.90. The number of aromatic nitrogens is 1. The average Bonchev–Trinajstić information content (AvgIpc) is 2.29. The van der Waals surface area contributed by atoms with Crippen LogP contribution in [0.1, 0.15) is 41.6 Å². The highest BCUT2D eigenvalue weighted by Crippen LogP contribution is 2.26. The van der Waals surface area contributed by atoms with E-state index in [9.17, 15) is 4.79 Å². The third kappa shape index (κ3) is 2.30. The van der Waals surface area contributed by atoms with Crippen LogP contribution in [0.4, 0.5) is 0 Å². The van der Waals surface area contributed by atoms with Gasteiger partial charge in [0.15, 0.2) is 5.78 Å². The lowest BCUT2D eigenvalue weighted by molar-refractivity contribution is 0.0870. The van der Waals surface area contributed by atoms with Crippen LogP contribution in [0.15, 0.2) is 18.5 Å². The van der Waals surface area contributed by atoms with Crippen molar-refractivity contribution in [3.63, 3.8) is 0 Å². The molecule has 1 fully saturated rings. The molecule has 0 radical (unpaired) electrons. The molecule has 1 heterocycles.